The molecule has 1 amide bonds. The number of hydrogen-bond donors (Lipinski definition) is 1. The third-order valence-corrected chi connectivity index (χ3v) is 4.47. The van der Waals surface area contributed by atoms with Crippen LogP contribution in [0, 0.1) is 0 Å². The molecular weight excluding hydrogens is 284 g/mol. The summed E-state index contributed by atoms with van der Waals surface area (Å²) in [5.41, 5.74) is -0.405. The third-order valence-electron chi connectivity index (χ3n) is 3.48. The molecule has 0 aromatic heterocycles. The van der Waals surface area contributed by atoms with Crippen LogP contribution in [-0.2, 0) is 4.74 Å². The number of hydrogen-bond acceptors (Lipinski definition) is 4. The van der Waals surface area contributed by atoms with Crippen LogP contribution in [0.2, 0.25) is 0 Å². The lowest BCUT2D eigenvalue weighted by Gasteiger charge is -2.26. The van der Waals surface area contributed by atoms with Gasteiger partial charge in [0.25, 0.3) is 0 Å². The summed E-state index contributed by atoms with van der Waals surface area (Å²) in [7, 11) is 0. The van der Waals surface area contributed by atoms with Crippen molar-refractivity contribution in [3.8, 4) is 0 Å². The highest BCUT2D eigenvalue weighted by atomic mass is 32.2. The van der Waals surface area contributed by atoms with Gasteiger partial charge in [0.05, 0.1) is 0 Å². The highest BCUT2D eigenvalue weighted by Gasteiger charge is 2.24. The number of rotatable bonds is 6. The van der Waals surface area contributed by atoms with E-state index < -0.39 is 5.60 Å². The topological polar surface area (TPSA) is 41.6 Å². The van der Waals surface area contributed by atoms with Gasteiger partial charge in [-0.3, -0.25) is 0 Å². The summed E-state index contributed by atoms with van der Waals surface area (Å²) >= 11 is 2.00. The van der Waals surface area contributed by atoms with Crippen molar-refractivity contribution in [2.45, 2.75) is 65.0 Å². The second kappa shape index (κ2) is 9.57. The number of nitrogens with zero attached hydrogens (tertiary/aromatic N) is 1. The number of thioether (sulfide) groups is 1. The van der Waals surface area contributed by atoms with Crippen LogP contribution in [0.15, 0.2) is 0 Å². The lowest BCUT2D eigenvalue weighted by atomic mass is 10.1. The SMILES string of the molecule is CCSCCCNC1CCCN(C(=O)OC(C)(C)C)CC1. The summed E-state index contributed by atoms with van der Waals surface area (Å²) < 4.78 is 5.46. The van der Waals surface area contributed by atoms with Crippen LogP contribution in [0.25, 0.3) is 0 Å². The molecule has 1 fully saturated rings. The zero-order valence-electron chi connectivity index (χ0n) is 14.1. The van der Waals surface area contributed by atoms with Crippen LogP contribution in [0.3, 0.4) is 0 Å². The van der Waals surface area contributed by atoms with Crippen molar-refractivity contribution in [1.29, 1.82) is 0 Å². The van der Waals surface area contributed by atoms with Gasteiger partial charge in [0.2, 0.25) is 0 Å². The Labute approximate surface area is 134 Å². The lowest BCUT2D eigenvalue weighted by molar-refractivity contribution is 0.0256. The molecule has 21 heavy (non-hydrogen) atoms. The van der Waals surface area contributed by atoms with Crippen molar-refractivity contribution in [2.24, 2.45) is 0 Å². The maximum atomic E-state index is 12.1. The standard InChI is InChI=1S/C16H32N2O2S/c1-5-21-13-7-10-17-14-8-6-11-18(12-9-14)15(19)20-16(2,3)4/h14,17H,5-13H2,1-4H3. The Bertz CT molecular complexity index is 305. The van der Waals surface area contributed by atoms with Gasteiger partial charge in [-0.05, 0) is 64.5 Å². The zero-order chi connectivity index (χ0) is 15.7. The molecule has 1 unspecified atom stereocenters. The Hall–Kier alpha value is -0.420. The minimum absolute atomic E-state index is 0.164. The first-order valence-corrected chi connectivity index (χ1v) is 9.37. The molecule has 1 rings (SSSR count). The van der Waals surface area contributed by atoms with E-state index in [-0.39, 0.29) is 6.09 Å². The molecule has 124 valence electrons. The Morgan fingerprint density at radius 2 is 2.10 bits per heavy atom. The van der Waals surface area contributed by atoms with Gasteiger partial charge in [-0.15, -0.1) is 0 Å². The summed E-state index contributed by atoms with van der Waals surface area (Å²) in [5.74, 6) is 2.44. The first kappa shape index (κ1) is 18.6. The molecule has 0 aromatic rings. The first-order valence-electron chi connectivity index (χ1n) is 8.21. The van der Waals surface area contributed by atoms with Crippen molar-refractivity contribution in [3.05, 3.63) is 0 Å². The van der Waals surface area contributed by atoms with E-state index >= 15 is 0 Å². The van der Waals surface area contributed by atoms with Gasteiger partial charge in [0.15, 0.2) is 0 Å². The molecular formula is C16H32N2O2S. The first-order chi connectivity index (χ1) is 9.92. The number of likely N-dealkylation sites (tertiary alicyclic amines) is 1. The summed E-state index contributed by atoms with van der Waals surface area (Å²) in [6.45, 7) is 10.7. The summed E-state index contributed by atoms with van der Waals surface area (Å²) in [5, 5.41) is 3.64. The van der Waals surface area contributed by atoms with E-state index in [2.05, 4.69) is 12.2 Å². The highest BCUT2D eigenvalue weighted by Crippen LogP contribution is 2.15. The van der Waals surface area contributed by atoms with Crippen molar-refractivity contribution < 1.29 is 9.53 Å². The normalized spacial score (nSPS) is 20.2. The summed E-state index contributed by atoms with van der Waals surface area (Å²) in [6, 6.07) is 0.545. The van der Waals surface area contributed by atoms with Crippen LogP contribution in [0.4, 0.5) is 4.79 Å². The monoisotopic (exact) mass is 316 g/mol. The number of carbonyl (C=O) groups excluding carboxylic acids is 1. The number of carbonyl (C=O) groups is 1. The van der Waals surface area contributed by atoms with Gasteiger partial charge in [-0.25, -0.2) is 4.79 Å². The molecule has 1 heterocycles. The smallest absolute Gasteiger partial charge is 0.410 e. The molecule has 0 bridgehead atoms. The molecule has 0 radical (unpaired) electrons. The minimum atomic E-state index is -0.405. The van der Waals surface area contributed by atoms with Crippen LogP contribution in [0.5, 0.6) is 0 Å². The summed E-state index contributed by atoms with van der Waals surface area (Å²) in [6.07, 6.45) is 4.30. The van der Waals surface area contributed by atoms with E-state index in [9.17, 15) is 4.79 Å². The Morgan fingerprint density at radius 1 is 1.33 bits per heavy atom. The zero-order valence-corrected chi connectivity index (χ0v) is 14.9. The molecule has 1 saturated heterocycles. The fourth-order valence-corrected chi connectivity index (χ4v) is 3.07. The molecule has 5 heteroatoms. The van der Waals surface area contributed by atoms with E-state index in [1.54, 1.807) is 0 Å². The molecule has 4 nitrogen and oxygen atoms in total. The fourth-order valence-electron chi connectivity index (χ4n) is 2.43. The second-order valence-corrected chi connectivity index (χ2v) is 7.99. The molecule has 0 saturated carbocycles. The van der Waals surface area contributed by atoms with Gasteiger partial charge in [-0.1, -0.05) is 6.92 Å². The quantitative estimate of drug-likeness (QED) is 0.761. The lowest BCUT2D eigenvalue weighted by Crippen LogP contribution is -2.38. The molecule has 0 aromatic carbocycles. The Balaban J connectivity index is 2.25. The van der Waals surface area contributed by atoms with Gasteiger partial charge < -0.3 is 15.0 Å². The van der Waals surface area contributed by atoms with Crippen molar-refractivity contribution >= 4 is 17.9 Å². The fraction of sp³-hybridized carbons (Fsp3) is 0.938. The molecule has 1 N–H and O–H groups in total. The van der Waals surface area contributed by atoms with Crippen LogP contribution < -0.4 is 5.32 Å². The predicted molar refractivity (Wildman–Crippen MR) is 91.1 cm³/mol. The van der Waals surface area contributed by atoms with E-state index in [1.165, 1.54) is 17.9 Å². The van der Waals surface area contributed by atoms with E-state index in [1.807, 2.05) is 37.4 Å². The summed E-state index contributed by atoms with van der Waals surface area (Å²) in [4.78, 5) is 13.9. The molecule has 0 spiro atoms. The number of nitrogens with one attached hydrogen (secondary N) is 1. The highest BCUT2D eigenvalue weighted by molar-refractivity contribution is 7.99. The predicted octanol–water partition coefficient (Wildman–Crippen LogP) is 3.51. The molecule has 1 aliphatic rings. The second-order valence-electron chi connectivity index (χ2n) is 6.60. The Morgan fingerprint density at radius 3 is 2.76 bits per heavy atom. The number of ether oxygens (including phenoxy) is 1. The van der Waals surface area contributed by atoms with Crippen molar-refractivity contribution in [2.75, 3.05) is 31.1 Å². The Kier molecular flexibility index (Phi) is 8.49. The molecule has 1 atom stereocenters. The average molecular weight is 317 g/mol. The largest absolute Gasteiger partial charge is 0.444 e. The molecule has 0 aliphatic carbocycles. The van der Waals surface area contributed by atoms with Gasteiger partial charge in [0, 0.05) is 19.1 Å². The minimum Gasteiger partial charge on any atom is -0.444 e. The van der Waals surface area contributed by atoms with Crippen molar-refractivity contribution in [1.82, 2.24) is 10.2 Å². The third kappa shape index (κ3) is 8.57. The van der Waals surface area contributed by atoms with E-state index in [0.29, 0.717) is 6.04 Å². The van der Waals surface area contributed by atoms with E-state index in [4.69, 9.17) is 4.74 Å². The maximum absolute atomic E-state index is 12.1. The van der Waals surface area contributed by atoms with Crippen LogP contribution >= 0.6 is 11.8 Å². The molecule has 1 aliphatic heterocycles. The van der Waals surface area contributed by atoms with Gasteiger partial charge >= 0.3 is 6.09 Å². The van der Waals surface area contributed by atoms with Crippen LogP contribution in [0.1, 0.15) is 53.4 Å². The van der Waals surface area contributed by atoms with Gasteiger partial charge in [-0.2, -0.15) is 11.8 Å². The van der Waals surface area contributed by atoms with Gasteiger partial charge in [0.1, 0.15) is 5.60 Å². The maximum Gasteiger partial charge on any atom is 0.410 e. The van der Waals surface area contributed by atoms with E-state index in [0.717, 1.165) is 38.9 Å². The van der Waals surface area contributed by atoms with Crippen molar-refractivity contribution in [3.63, 3.8) is 0 Å². The van der Waals surface area contributed by atoms with Crippen LogP contribution in [-0.4, -0.2) is 53.8 Å². The average Bonchev–Trinajstić information content (AvgIpc) is 2.62. The number of amides is 1.